The van der Waals surface area contributed by atoms with Crippen LogP contribution in [0.25, 0.3) is 0 Å². The summed E-state index contributed by atoms with van der Waals surface area (Å²) in [4.78, 5) is 2.37. The summed E-state index contributed by atoms with van der Waals surface area (Å²) in [5.41, 5.74) is -0.603. The van der Waals surface area contributed by atoms with E-state index in [4.69, 9.17) is 4.74 Å². The summed E-state index contributed by atoms with van der Waals surface area (Å²) in [5, 5.41) is 10.1. The molecule has 3 nitrogen and oxygen atoms in total. The Balaban J connectivity index is 2.33. The van der Waals surface area contributed by atoms with Crippen molar-refractivity contribution in [3.8, 4) is 0 Å². The van der Waals surface area contributed by atoms with Gasteiger partial charge in [0.1, 0.15) is 0 Å². The minimum Gasteiger partial charge on any atom is -0.389 e. The maximum absolute atomic E-state index is 10.1. The molecular formula is C11H23NO2. The average molecular weight is 201 g/mol. The van der Waals surface area contributed by atoms with Gasteiger partial charge in [0.15, 0.2) is 0 Å². The van der Waals surface area contributed by atoms with E-state index in [9.17, 15) is 5.11 Å². The SMILES string of the molecule is COCCC(C)(O)CN1CCCC1C. The molecule has 84 valence electrons. The monoisotopic (exact) mass is 201 g/mol. The quantitative estimate of drug-likeness (QED) is 0.727. The van der Waals surface area contributed by atoms with Gasteiger partial charge in [-0.1, -0.05) is 0 Å². The van der Waals surface area contributed by atoms with Gasteiger partial charge in [0.05, 0.1) is 5.60 Å². The second kappa shape index (κ2) is 5.10. The van der Waals surface area contributed by atoms with Gasteiger partial charge in [-0.2, -0.15) is 0 Å². The molecule has 0 aromatic heterocycles. The Morgan fingerprint density at radius 3 is 2.79 bits per heavy atom. The zero-order chi connectivity index (χ0) is 10.6. The molecule has 1 fully saturated rings. The molecule has 1 saturated heterocycles. The van der Waals surface area contributed by atoms with Crippen molar-refractivity contribution in [3.63, 3.8) is 0 Å². The van der Waals surface area contributed by atoms with Crippen molar-refractivity contribution in [2.45, 2.75) is 44.8 Å². The summed E-state index contributed by atoms with van der Waals surface area (Å²) in [5.74, 6) is 0. The van der Waals surface area contributed by atoms with E-state index in [2.05, 4.69) is 11.8 Å². The predicted octanol–water partition coefficient (Wildman–Crippen LogP) is 1.26. The first-order valence-electron chi connectivity index (χ1n) is 5.50. The van der Waals surface area contributed by atoms with E-state index in [1.807, 2.05) is 6.92 Å². The maximum Gasteiger partial charge on any atom is 0.0768 e. The zero-order valence-corrected chi connectivity index (χ0v) is 9.62. The van der Waals surface area contributed by atoms with Gasteiger partial charge in [-0.15, -0.1) is 0 Å². The van der Waals surface area contributed by atoms with Gasteiger partial charge in [-0.05, 0) is 33.2 Å². The second-order valence-electron chi connectivity index (χ2n) is 4.70. The number of β-amino-alcohol motifs (C(OH)–C–C–N with tert-alkyl or cyclic N) is 1. The molecule has 0 spiro atoms. The summed E-state index contributed by atoms with van der Waals surface area (Å²) in [7, 11) is 1.68. The van der Waals surface area contributed by atoms with Crippen LogP contribution < -0.4 is 0 Å². The molecule has 14 heavy (non-hydrogen) atoms. The third-order valence-corrected chi connectivity index (χ3v) is 3.08. The van der Waals surface area contributed by atoms with Crippen LogP contribution in [0.2, 0.25) is 0 Å². The highest BCUT2D eigenvalue weighted by molar-refractivity contribution is 4.83. The smallest absolute Gasteiger partial charge is 0.0768 e. The summed E-state index contributed by atoms with van der Waals surface area (Å²) in [6.07, 6.45) is 3.24. The number of likely N-dealkylation sites (tertiary alicyclic amines) is 1. The molecule has 1 heterocycles. The highest BCUT2D eigenvalue weighted by Crippen LogP contribution is 2.21. The van der Waals surface area contributed by atoms with Crippen molar-refractivity contribution in [1.82, 2.24) is 4.90 Å². The van der Waals surface area contributed by atoms with Crippen molar-refractivity contribution in [1.29, 1.82) is 0 Å². The fourth-order valence-corrected chi connectivity index (χ4v) is 2.07. The Labute approximate surface area is 87.1 Å². The zero-order valence-electron chi connectivity index (χ0n) is 9.62. The number of hydrogen-bond donors (Lipinski definition) is 1. The average Bonchev–Trinajstić information content (AvgIpc) is 2.48. The Morgan fingerprint density at radius 2 is 2.29 bits per heavy atom. The molecule has 1 aliphatic heterocycles. The molecular weight excluding hydrogens is 178 g/mol. The molecule has 0 saturated carbocycles. The molecule has 2 atom stereocenters. The van der Waals surface area contributed by atoms with Crippen LogP contribution in [0, 0.1) is 0 Å². The van der Waals surface area contributed by atoms with Crippen LogP contribution in [0.4, 0.5) is 0 Å². The molecule has 0 amide bonds. The van der Waals surface area contributed by atoms with Crippen molar-refractivity contribution in [3.05, 3.63) is 0 Å². The number of hydrogen-bond acceptors (Lipinski definition) is 3. The van der Waals surface area contributed by atoms with Crippen LogP contribution in [-0.2, 0) is 4.74 Å². The molecule has 0 aliphatic carbocycles. The highest BCUT2D eigenvalue weighted by Gasteiger charge is 2.28. The van der Waals surface area contributed by atoms with Crippen LogP contribution in [-0.4, -0.2) is 48.5 Å². The predicted molar refractivity (Wildman–Crippen MR) is 57.4 cm³/mol. The number of aliphatic hydroxyl groups is 1. The van der Waals surface area contributed by atoms with Gasteiger partial charge in [-0.3, -0.25) is 4.90 Å². The minimum absolute atomic E-state index is 0.603. The molecule has 0 bridgehead atoms. The van der Waals surface area contributed by atoms with Gasteiger partial charge in [0.2, 0.25) is 0 Å². The number of ether oxygens (including phenoxy) is 1. The summed E-state index contributed by atoms with van der Waals surface area (Å²) < 4.78 is 4.99. The molecule has 3 heteroatoms. The number of methoxy groups -OCH3 is 1. The van der Waals surface area contributed by atoms with E-state index in [1.54, 1.807) is 7.11 Å². The first-order valence-corrected chi connectivity index (χ1v) is 5.50. The molecule has 2 unspecified atom stereocenters. The molecule has 1 rings (SSSR count). The van der Waals surface area contributed by atoms with Crippen molar-refractivity contribution in [2.75, 3.05) is 26.8 Å². The van der Waals surface area contributed by atoms with E-state index < -0.39 is 5.60 Å². The van der Waals surface area contributed by atoms with Crippen molar-refractivity contribution >= 4 is 0 Å². The van der Waals surface area contributed by atoms with Crippen LogP contribution in [0.15, 0.2) is 0 Å². The maximum atomic E-state index is 10.1. The van der Waals surface area contributed by atoms with Crippen molar-refractivity contribution < 1.29 is 9.84 Å². The van der Waals surface area contributed by atoms with Crippen molar-refractivity contribution in [2.24, 2.45) is 0 Å². The van der Waals surface area contributed by atoms with Crippen LogP contribution >= 0.6 is 0 Å². The molecule has 0 aromatic rings. The lowest BCUT2D eigenvalue weighted by atomic mass is 10.0. The van der Waals surface area contributed by atoms with E-state index in [0.29, 0.717) is 19.1 Å². The molecule has 1 aliphatic rings. The normalized spacial score (nSPS) is 27.9. The lowest BCUT2D eigenvalue weighted by molar-refractivity contribution is -0.00730. The fraction of sp³-hybridized carbons (Fsp3) is 1.00. The summed E-state index contributed by atoms with van der Waals surface area (Å²) in [6, 6.07) is 0.629. The standard InChI is InChI=1S/C11H23NO2/c1-10-5-4-7-12(10)9-11(2,13)6-8-14-3/h10,13H,4-9H2,1-3H3. The second-order valence-corrected chi connectivity index (χ2v) is 4.70. The van der Waals surface area contributed by atoms with E-state index in [1.165, 1.54) is 12.8 Å². The molecule has 1 N–H and O–H groups in total. The Bertz CT molecular complexity index is 171. The largest absolute Gasteiger partial charge is 0.389 e. The van der Waals surface area contributed by atoms with Crippen LogP contribution in [0.1, 0.15) is 33.1 Å². The summed E-state index contributed by atoms with van der Waals surface area (Å²) in [6.45, 7) is 6.67. The Kier molecular flexibility index (Phi) is 4.35. The lowest BCUT2D eigenvalue weighted by Crippen LogP contribution is -2.42. The minimum atomic E-state index is -0.603. The highest BCUT2D eigenvalue weighted by atomic mass is 16.5. The third kappa shape index (κ3) is 3.56. The van der Waals surface area contributed by atoms with Gasteiger partial charge in [0.25, 0.3) is 0 Å². The third-order valence-electron chi connectivity index (χ3n) is 3.08. The Hall–Kier alpha value is -0.120. The summed E-state index contributed by atoms with van der Waals surface area (Å²) >= 11 is 0. The number of nitrogens with zero attached hydrogens (tertiary/aromatic N) is 1. The van der Waals surface area contributed by atoms with Gasteiger partial charge in [-0.25, -0.2) is 0 Å². The topological polar surface area (TPSA) is 32.7 Å². The van der Waals surface area contributed by atoms with E-state index in [0.717, 1.165) is 13.1 Å². The van der Waals surface area contributed by atoms with E-state index >= 15 is 0 Å². The molecule has 0 radical (unpaired) electrons. The van der Waals surface area contributed by atoms with Gasteiger partial charge < -0.3 is 9.84 Å². The van der Waals surface area contributed by atoms with Gasteiger partial charge >= 0.3 is 0 Å². The first kappa shape index (κ1) is 12.0. The fourth-order valence-electron chi connectivity index (χ4n) is 2.07. The number of rotatable bonds is 5. The van der Waals surface area contributed by atoms with Crippen LogP contribution in [0.5, 0.6) is 0 Å². The Morgan fingerprint density at radius 1 is 1.57 bits per heavy atom. The van der Waals surface area contributed by atoms with E-state index in [-0.39, 0.29) is 0 Å². The first-order chi connectivity index (χ1) is 6.55. The lowest BCUT2D eigenvalue weighted by Gasteiger charge is -2.31. The molecule has 0 aromatic carbocycles. The van der Waals surface area contributed by atoms with Gasteiger partial charge in [0, 0.05) is 32.7 Å². The van der Waals surface area contributed by atoms with Crippen LogP contribution in [0.3, 0.4) is 0 Å².